The SMILES string of the molecule is COC(=O)C1=C(C(=O)OC)C2(c3cc(Br)ccc3-c3ccc(Br)cc32)C2C=C(/C=C/c3ccccc3)c3ccccc3N12. The van der Waals surface area contributed by atoms with Crippen LogP contribution in [-0.4, -0.2) is 32.2 Å². The molecule has 4 aromatic carbocycles. The first-order valence-electron chi connectivity index (χ1n) is 13.8. The smallest absolute Gasteiger partial charge is 0.355 e. The highest BCUT2D eigenvalue weighted by Crippen LogP contribution is 2.63. The Hall–Kier alpha value is -4.20. The number of anilines is 1. The van der Waals surface area contributed by atoms with Crippen molar-refractivity contribution >= 4 is 61.1 Å². The van der Waals surface area contributed by atoms with Crippen LogP contribution >= 0.6 is 31.9 Å². The van der Waals surface area contributed by atoms with Crippen LogP contribution in [0.5, 0.6) is 0 Å². The van der Waals surface area contributed by atoms with Crippen LogP contribution in [0.2, 0.25) is 0 Å². The number of para-hydroxylation sites is 1. The highest BCUT2D eigenvalue weighted by molar-refractivity contribution is 9.10. The third kappa shape index (κ3) is 4.02. The van der Waals surface area contributed by atoms with Crippen LogP contribution < -0.4 is 4.90 Å². The van der Waals surface area contributed by atoms with Gasteiger partial charge in [-0.1, -0.05) is 111 Å². The molecule has 212 valence electrons. The van der Waals surface area contributed by atoms with Gasteiger partial charge in [-0.3, -0.25) is 0 Å². The van der Waals surface area contributed by atoms with E-state index in [-0.39, 0.29) is 11.3 Å². The average molecular weight is 695 g/mol. The minimum atomic E-state index is -1.09. The van der Waals surface area contributed by atoms with Crippen molar-refractivity contribution in [3.05, 3.63) is 146 Å². The summed E-state index contributed by atoms with van der Waals surface area (Å²) in [6.07, 6.45) is 6.35. The van der Waals surface area contributed by atoms with E-state index < -0.39 is 23.4 Å². The summed E-state index contributed by atoms with van der Waals surface area (Å²) in [7, 11) is 2.69. The van der Waals surface area contributed by atoms with Gasteiger partial charge in [0, 0.05) is 20.2 Å². The molecule has 1 spiro atoms. The maximum Gasteiger partial charge on any atom is 0.355 e. The van der Waals surface area contributed by atoms with Crippen molar-refractivity contribution in [1.29, 1.82) is 0 Å². The third-order valence-electron chi connectivity index (χ3n) is 8.53. The molecule has 0 aromatic heterocycles. The van der Waals surface area contributed by atoms with Crippen LogP contribution in [0.3, 0.4) is 0 Å². The number of halogens is 2. The number of hydrogen-bond donors (Lipinski definition) is 0. The van der Waals surface area contributed by atoms with E-state index in [1.54, 1.807) is 0 Å². The monoisotopic (exact) mass is 693 g/mol. The van der Waals surface area contributed by atoms with Gasteiger partial charge in [-0.2, -0.15) is 0 Å². The van der Waals surface area contributed by atoms with E-state index in [1.165, 1.54) is 14.2 Å². The molecule has 7 heteroatoms. The van der Waals surface area contributed by atoms with E-state index in [4.69, 9.17) is 9.47 Å². The summed E-state index contributed by atoms with van der Waals surface area (Å²) < 4.78 is 12.6. The second-order valence-electron chi connectivity index (χ2n) is 10.6. The number of fused-ring (bicyclic) bond motifs is 9. The molecule has 1 unspecified atom stereocenters. The molecule has 2 heterocycles. The molecule has 1 aliphatic carbocycles. The second-order valence-corrected chi connectivity index (χ2v) is 12.4. The lowest BCUT2D eigenvalue weighted by Crippen LogP contribution is -2.46. The molecule has 0 saturated carbocycles. The molecular formula is C36H25Br2NO4. The topological polar surface area (TPSA) is 55.8 Å². The molecule has 7 rings (SSSR count). The number of rotatable bonds is 4. The molecular weight excluding hydrogens is 670 g/mol. The lowest BCUT2D eigenvalue weighted by molar-refractivity contribution is -0.139. The van der Waals surface area contributed by atoms with Gasteiger partial charge in [0.1, 0.15) is 5.70 Å². The Kier molecular flexibility index (Phi) is 6.75. The zero-order valence-electron chi connectivity index (χ0n) is 23.3. The summed E-state index contributed by atoms with van der Waals surface area (Å²) >= 11 is 7.38. The Morgan fingerprint density at radius 2 is 1.35 bits per heavy atom. The summed E-state index contributed by atoms with van der Waals surface area (Å²) in [5.74, 6) is -1.19. The van der Waals surface area contributed by atoms with Crippen LogP contribution in [-0.2, 0) is 24.5 Å². The Morgan fingerprint density at radius 1 is 0.744 bits per heavy atom. The molecule has 0 saturated heterocycles. The van der Waals surface area contributed by atoms with E-state index in [9.17, 15) is 9.59 Å². The van der Waals surface area contributed by atoms with Gasteiger partial charge >= 0.3 is 11.9 Å². The number of esters is 2. The van der Waals surface area contributed by atoms with Crippen LogP contribution in [0.25, 0.3) is 22.8 Å². The summed E-state index contributed by atoms with van der Waals surface area (Å²) in [5, 5.41) is 0. The summed E-state index contributed by atoms with van der Waals surface area (Å²) in [6, 6.07) is 29.8. The van der Waals surface area contributed by atoms with Gasteiger partial charge in [-0.25, -0.2) is 9.59 Å². The predicted molar refractivity (Wildman–Crippen MR) is 175 cm³/mol. The highest BCUT2D eigenvalue weighted by Gasteiger charge is 2.63. The molecule has 1 atom stereocenters. The van der Waals surface area contributed by atoms with Crippen LogP contribution in [0.15, 0.2) is 123 Å². The van der Waals surface area contributed by atoms with Crippen molar-refractivity contribution in [3.63, 3.8) is 0 Å². The number of benzene rings is 4. The van der Waals surface area contributed by atoms with E-state index in [1.807, 2.05) is 59.5 Å². The van der Waals surface area contributed by atoms with Gasteiger partial charge in [0.2, 0.25) is 0 Å². The molecule has 0 N–H and O–H groups in total. The fourth-order valence-electron chi connectivity index (χ4n) is 6.89. The third-order valence-corrected chi connectivity index (χ3v) is 9.52. The first kappa shape index (κ1) is 27.6. The van der Waals surface area contributed by atoms with Crippen LogP contribution in [0, 0.1) is 0 Å². The molecule has 4 aromatic rings. The fraction of sp³-hybridized carbons (Fsp3) is 0.111. The van der Waals surface area contributed by atoms with Gasteiger partial charge < -0.3 is 14.4 Å². The number of allylic oxidation sites excluding steroid dienone is 2. The van der Waals surface area contributed by atoms with Gasteiger partial charge in [-0.05, 0) is 63.7 Å². The molecule has 3 aliphatic rings. The largest absolute Gasteiger partial charge is 0.466 e. The van der Waals surface area contributed by atoms with Crippen molar-refractivity contribution in [2.24, 2.45) is 0 Å². The maximum absolute atomic E-state index is 14.1. The van der Waals surface area contributed by atoms with Crippen molar-refractivity contribution in [1.82, 2.24) is 0 Å². The van der Waals surface area contributed by atoms with E-state index in [0.29, 0.717) is 0 Å². The van der Waals surface area contributed by atoms with Gasteiger partial charge in [0.15, 0.2) is 0 Å². The van der Waals surface area contributed by atoms with Gasteiger partial charge in [0.05, 0.1) is 31.2 Å². The van der Waals surface area contributed by atoms with E-state index in [0.717, 1.165) is 53.6 Å². The van der Waals surface area contributed by atoms with Crippen LogP contribution in [0.4, 0.5) is 5.69 Å². The Balaban J connectivity index is 1.62. The fourth-order valence-corrected chi connectivity index (χ4v) is 7.61. The first-order valence-corrected chi connectivity index (χ1v) is 15.3. The number of methoxy groups -OCH3 is 2. The zero-order valence-corrected chi connectivity index (χ0v) is 26.5. The summed E-state index contributed by atoms with van der Waals surface area (Å²) in [5.41, 5.74) is 6.94. The van der Waals surface area contributed by atoms with E-state index >= 15 is 0 Å². The van der Waals surface area contributed by atoms with Crippen LogP contribution in [0.1, 0.15) is 22.3 Å². The molecule has 2 aliphatic heterocycles. The number of nitrogens with zero attached hydrogens (tertiary/aromatic N) is 1. The number of carbonyl (C=O) groups is 2. The minimum absolute atomic E-state index is 0.174. The molecule has 0 bridgehead atoms. The number of hydrogen-bond acceptors (Lipinski definition) is 5. The van der Waals surface area contributed by atoms with Crippen molar-refractivity contribution in [2.75, 3.05) is 19.1 Å². The summed E-state index contributed by atoms with van der Waals surface area (Å²) in [6.45, 7) is 0. The summed E-state index contributed by atoms with van der Waals surface area (Å²) in [4.78, 5) is 29.9. The van der Waals surface area contributed by atoms with Crippen molar-refractivity contribution in [3.8, 4) is 11.1 Å². The van der Waals surface area contributed by atoms with E-state index in [2.05, 4.69) is 86.5 Å². The van der Waals surface area contributed by atoms with Gasteiger partial charge in [0.25, 0.3) is 0 Å². The molecule has 0 fully saturated rings. The van der Waals surface area contributed by atoms with Crippen molar-refractivity contribution < 1.29 is 19.1 Å². The lowest BCUT2D eigenvalue weighted by Gasteiger charge is -2.41. The molecule has 0 amide bonds. The molecule has 0 radical (unpaired) electrons. The van der Waals surface area contributed by atoms with Crippen molar-refractivity contribution in [2.45, 2.75) is 11.5 Å². The quantitative estimate of drug-likeness (QED) is 0.202. The minimum Gasteiger partial charge on any atom is -0.466 e. The predicted octanol–water partition coefficient (Wildman–Crippen LogP) is 8.08. The zero-order chi connectivity index (χ0) is 29.9. The number of carbonyl (C=O) groups excluding carboxylic acids is 2. The average Bonchev–Trinajstić information content (AvgIpc) is 3.49. The number of ether oxygens (including phenoxy) is 2. The standard InChI is InChI=1S/C36H25Br2NO4/c1-42-34(40)32-33(35(41)43-2)39-30-11-7-6-10-25(30)22(13-12-21-8-4-3-5-9-21)18-31(39)36(32)28-19-23(37)14-16-26(28)27-17-15-24(38)20-29(27)36/h3-20,31H,1-2H3/b13-12+. The molecule has 5 nitrogen and oxygen atoms in total. The second kappa shape index (κ2) is 10.5. The molecule has 43 heavy (non-hydrogen) atoms. The Morgan fingerprint density at radius 3 is 1.98 bits per heavy atom. The Labute approximate surface area is 266 Å². The lowest BCUT2D eigenvalue weighted by atomic mass is 9.67. The first-order chi connectivity index (χ1) is 20.9. The van der Waals surface area contributed by atoms with Gasteiger partial charge in [-0.15, -0.1) is 0 Å². The normalized spacial score (nSPS) is 17.3. The Bertz CT molecular complexity index is 1870. The maximum atomic E-state index is 14.1. The highest BCUT2D eigenvalue weighted by atomic mass is 79.9.